The Morgan fingerprint density at radius 1 is 0.700 bits per heavy atom. The van der Waals surface area contributed by atoms with Gasteiger partial charge in [0.1, 0.15) is 6.10 Å². The van der Waals surface area contributed by atoms with Crippen molar-refractivity contribution >= 4 is 16.0 Å². The number of amides is 1. The first kappa shape index (κ1) is 38.3. The van der Waals surface area contributed by atoms with Crippen LogP contribution < -0.4 is 5.32 Å². The SMILES string of the molecule is CCCCC/C=C\C=C/CCCCCCCC(O)C(=O)NC(CS(=O)(=O)O)C(O)/C=C/CC/C=C/CCCCC. The van der Waals surface area contributed by atoms with Crippen molar-refractivity contribution in [3.05, 3.63) is 48.6 Å². The van der Waals surface area contributed by atoms with E-state index in [2.05, 4.69) is 55.6 Å². The van der Waals surface area contributed by atoms with Crippen LogP contribution in [0.4, 0.5) is 0 Å². The Hall–Kier alpha value is -1.74. The normalized spacial score (nSPS) is 15.0. The van der Waals surface area contributed by atoms with Gasteiger partial charge >= 0.3 is 0 Å². The van der Waals surface area contributed by atoms with Crippen molar-refractivity contribution in [3.8, 4) is 0 Å². The topological polar surface area (TPSA) is 124 Å². The molecule has 0 saturated carbocycles. The average molecular weight is 584 g/mol. The Bertz CT molecular complexity index is 834. The van der Waals surface area contributed by atoms with Crippen LogP contribution in [0, 0.1) is 0 Å². The van der Waals surface area contributed by atoms with Crippen molar-refractivity contribution < 1.29 is 28.0 Å². The fourth-order valence-corrected chi connectivity index (χ4v) is 4.90. The molecule has 0 spiro atoms. The number of aliphatic hydroxyl groups is 2. The van der Waals surface area contributed by atoms with E-state index in [0.29, 0.717) is 12.8 Å². The van der Waals surface area contributed by atoms with E-state index in [4.69, 9.17) is 0 Å². The first-order valence-corrected chi connectivity index (χ1v) is 17.1. The van der Waals surface area contributed by atoms with Gasteiger partial charge in [-0.25, -0.2) is 0 Å². The molecule has 0 aromatic carbocycles. The number of carbonyl (C=O) groups excluding carboxylic acids is 1. The molecule has 1 amide bonds. The Morgan fingerprint density at radius 3 is 1.80 bits per heavy atom. The molecule has 0 rings (SSSR count). The molecule has 3 unspecified atom stereocenters. The standard InChI is InChI=1S/C32H57NO6S/c1-3-5-7-9-11-13-14-15-16-17-19-21-23-25-27-31(35)32(36)33-29(28-40(37,38)39)30(34)26-24-22-20-18-12-10-8-6-4-2/h11-15,18,24,26,29-31,34-35H,3-10,16-17,19-23,25,27-28H2,1-2H3,(H,33,36)(H,37,38,39)/b13-11-,15-14-,18-12+,26-24+. The maximum atomic E-state index is 12.4. The summed E-state index contributed by atoms with van der Waals surface area (Å²) in [5.74, 6) is -1.58. The van der Waals surface area contributed by atoms with E-state index < -0.39 is 40.0 Å². The lowest BCUT2D eigenvalue weighted by molar-refractivity contribution is -0.130. The fourth-order valence-electron chi connectivity index (χ4n) is 4.16. The van der Waals surface area contributed by atoms with E-state index in [0.717, 1.165) is 51.4 Å². The molecule has 0 aliphatic rings. The second-order valence-electron chi connectivity index (χ2n) is 10.5. The van der Waals surface area contributed by atoms with Gasteiger partial charge < -0.3 is 15.5 Å². The van der Waals surface area contributed by atoms with E-state index in [9.17, 15) is 28.0 Å². The molecule has 40 heavy (non-hydrogen) atoms. The Balaban J connectivity index is 4.30. The number of hydrogen-bond donors (Lipinski definition) is 4. The van der Waals surface area contributed by atoms with Crippen molar-refractivity contribution in [3.63, 3.8) is 0 Å². The molecule has 0 aromatic heterocycles. The van der Waals surface area contributed by atoms with Gasteiger partial charge in [0.2, 0.25) is 5.91 Å². The fraction of sp³-hybridized carbons (Fsp3) is 0.719. The Labute approximate surface area is 244 Å². The average Bonchev–Trinajstić information content (AvgIpc) is 2.90. The number of rotatable bonds is 26. The highest BCUT2D eigenvalue weighted by Gasteiger charge is 2.27. The van der Waals surface area contributed by atoms with Crippen molar-refractivity contribution in [1.82, 2.24) is 5.32 Å². The number of carbonyl (C=O) groups is 1. The molecule has 7 nitrogen and oxygen atoms in total. The van der Waals surface area contributed by atoms with Crippen LogP contribution in [0.5, 0.6) is 0 Å². The van der Waals surface area contributed by atoms with Crippen LogP contribution >= 0.6 is 0 Å². The first-order chi connectivity index (χ1) is 19.2. The smallest absolute Gasteiger partial charge is 0.267 e. The summed E-state index contributed by atoms with van der Waals surface area (Å²) >= 11 is 0. The molecule has 232 valence electrons. The Kier molecular flexibility index (Phi) is 25.0. The second-order valence-corrected chi connectivity index (χ2v) is 12.0. The summed E-state index contributed by atoms with van der Waals surface area (Å²) in [5.41, 5.74) is 0. The van der Waals surface area contributed by atoms with Crippen molar-refractivity contribution in [2.24, 2.45) is 0 Å². The van der Waals surface area contributed by atoms with Gasteiger partial charge in [0.15, 0.2) is 0 Å². The molecule has 0 aliphatic carbocycles. The van der Waals surface area contributed by atoms with Gasteiger partial charge in [-0.05, 0) is 57.8 Å². The molecule has 0 radical (unpaired) electrons. The molecule has 0 bridgehead atoms. The van der Waals surface area contributed by atoms with Crippen LogP contribution in [0.1, 0.15) is 123 Å². The second kappa shape index (κ2) is 26.2. The lowest BCUT2D eigenvalue weighted by Gasteiger charge is -2.22. The van der Waals surface area contributed by atoms with Gasteiger partial charge in [0.25, 0.3) is 10.1 Å². The van der Waals surface area contributed by atoms with Crippen LogP contribution in [0.2, 0.25) is 0 Å². The molecule has 0 aromatic rings. The van der Waals surface area contributed by atoms with Crippen LogP contribution in [0.25, 0.3) is 0 Å². The molecular formula is C32H57NO6S. The van der Waals surface area contributed by atoms with Crippen molar-refractivity contribution in [1.29, 1.82) is 0 Å². The number of unbranched alkanes of at least 4 members (excludes halogenated alkanes) is 12. The maximum absolute atomic E-state index is 12.4. The van der Waals surface area contributed by atoms with Crippen molar-refractivity contribution in [2.45, 2.75) is 141 Å². The minimum Gasteiger partial charge on any atom is -0.387 e. The summed E-state index contributed by atoms with van der Waals surface area (Å²) in [6.07, 6.45) is 30.4. The summed E-state index contributed by atoms with van der Waals surface area (Å²) in [6, 6.07) is -1.25. The molecule has 3 atom stereocenters. The van der Waals surface area contributed by atoms with E-state index in [-0.39, 0.29) is 6.42 Å². The van der Waals surface area contributed by atoms with E-state index in [1.807, 2.05) is 0 Å². The zero-order valence-corrected chi connectivity index (χ0v) is 25.9. The van der Waals surface area contributed by atoms with Crippen LogP contribution in [-0.4, -0.2) is 53.1 Å². The molecular weight excluding hydrogens is 526 g/mol. The highest BCUT2D eigenvalue weighted by Crippen LogP contribution is 2.11. The van der Waals surface area contributed by atoms with Gasteiger partial charge in [-0.1, -0.05) is 114 Å². The highest BCUT2D eigenvalue weighted by atomic mass is 32.2. The molecule has 0 fully saturated rings. The number of allylic oxidation sites excluding steroid dienone is 7. The lowest BCUT2D eigenvalue weighted by Crippen LogP contribution is -2.50. The minimum atomic E-state index is -4.44. The van der Waals surface area contributed by atoms with Crippen molar-refractivity contribution in [2.75, 3.05) is 5.75 Å². The van der Waals surface area contributed by atoms with E-state index in [1.54, 1.807) is 6.08 Å². The predicted octanol–water partition coefficient (Wildman–Crippen LogP) is 6.98. The molecule has 0 heterocycles. The number of hydrogen-bond acceptors (Lipinski definition) is 5. The lowest BCUT2D eigenvalue weighted by atomic mass is 10.1. The number of nitrogens with one attached hydrogen (secondary N) is 1. The largest absolute Gasteiger partial charge is 0.387 e. The van der Waals surface area contributed by atoms with Gasteiger partial charge in [0, 0.05) is 0 Å². The Morgan fingerprint density at radius 2 is 1.20 bits per heavy atom. The summed E-state index contributed by atoms with van der Waals surface area (Å²) in [7, 11) is -4.44. The third-order valence-electron chi connectivity index (χ3n) is 6.61. The number of aliphatic hydroxyl groups excluding tert-OH is 2. The van der Waals surface area contributed by atoms with Crippen LogP contribution in [0.15, 0.2) is 48.6 Å². The quantitative estimate of drug-likeness (QED) is 0.0377. The van der Waals surface area contributed by atoms with Gasteiger partial charge in [0.05, 0.1) is 17.9 Å². The summed E-state index contributed by atoms with van der Waals surface area (Å²) < 4.78 is 32.1. The van der Waals surface area contributed by atoms with E-state index in [1.165, 1.54) is 44.6 Å². The monoisotopic (exact) mass is 583 g/mol. The van der Waals surface area contributed by atoms with Gasteiger partial charge in [-0.2, -0.15) is 8.42 Å². The molecule has 0 saturated heterocycles. The highest BCUT2D eigenvalue weighted by molar-refractivity contribution is 7.85. The predicted molar refractivity (Wildman–Crippen MR) is 167 cm³/mol. The van der Waals surface area contributed by atoms with E-state index >= 15 is 0 Å². The molecule has 4 N–H and O–H groups in total. The maximum Gasteiger partial charge on any atom is 0.267 e. The minimum absolute atomic E-state index is 0.254. The molecule has 0 aliphatic heterocycles. The zero-order valence-electron chi connectivity index (χ0n) is 25.1. The van der Waals surface area contributed by atoms with Gasteiger partial charge in [-0.15, -0.1) is 0 Å². The van der Waals surface area contributed by atoms with Crippen LogP contribution in [-0.2, 0) is 14.9 Å². The third-order valence-corrected chi connectivity index (χ3v) is 7.39. The summed E-state index contributed by atoms with van der Waals surface area (Å²) in [5, 5.41) is 23.1. The van der Waals surface area contributed by atoms with Crippen LogP contribution in [0.3, 0.4) is 0 Å². The summed E-state index contributed by atoms with van der Waals surface area (Å²) in [6.45, 7) is 4.37. The zero-order chi connectivity index (χ0) is 29.9. The van der Waals surface area contributed by atoms with Gasteiger partial charge in [-0.3, -0.25) is 9.35 Å². The third kappa shape index (κ3) is 25.2. The molecule has 8 heteroatoms. The first-order valence-electron chi connectivity index (χ1n) is 15.5. The summed E-state index contributed by atoms with van der Waals surface area (Å²) in [4.78, 5) is 12.4.